The van der Waals surface area contributed by atoms with Gasteiger partial charge in [0.05, 0.1) is 16.9 Å². The minimum Gasteiger partial charge on any atom is -0.337 e. The van der Waals surface area contributed by atoms with Crippen LogP contribution in [0, 0.1) is 0 Å². The van der Waals surface area contributed by atoms with Crippen molar-refractivity contribution >= 4 is 33.3 Å². The third-order valence-electron chi connectivity index (χ3n) is 4.69. The zero-order chi connectivity index (χ0) is 20.2. The summed E-state index contributed by atoms with van der Waals surface area (Å²) in [6, 6.07) is 12.0. The van der Waals surface area contributed by atoms with Gasteiger partial charge in [0.15, 0.2) is 0 Å². The lowest BCUT2D eigenvalue weighted by molar-refractivity contribution is 0.146. The van der Waals surface area contributed by atoms with Gasteiger partial charge in [-0.2, -0.15) is 4.31 Å². The van der Waals surface area contributed by atoms with E-state index in [-0.39, 0.29) is 18.3 Å². The fourth-order valence-corrected chi connectivity index (χ4v) is 5.10. The number of anilines is 1. The van der Waals surface area contributed by atoms with Crippen molar-refractivity contribution in [3.05, 3.63) is 59.4 Å². The second-order valence-electron chi connectivity index (χ2n) is 6.90. The number of nitrogens with zero attached hydrogens (tertiary/aromatic N) is 2. The molecule has 0 atom stereocenters. The van der Waals surface area contributed by atoms with E-state index in [2.05, 4.69) is 15.6 Å². The van der Waals surface area contributed by atoms with Crippen LogP contribution < -0.4 is 10.6 Å². The Labute approximate surface area is 170 Å². The minimum atomic E-state index is -3.28. The van der Waals surface area contributed by atoms with Crippen molar-refractivity contribution < 1.29 is 13.2 Å². The monoisotopic (exact) mass is 422 g/mol. The number of pyridine rings is 1. The molecule has 7 nitrogen and oxygen atoms in total. The van der Waals surface area contributed by atoms with E-state index in [4.69, 9.17) is 11.6 Å². The highest BCUT2D eigenvalue weighted by molar-refractivity contribution is 7.89. The van der Waals surface area contributed by atoms with Crippen LogP contribution in [0.4, 0.5) is 10.5 Å². The highest BCUT2D eigenvalue weighted by Crippen LogP contribution is 2.35. The lowest BCUT2D eigenvalue weighted by Crippen LogP contribution is -2.65. The number of carbonyl (C=O) groups is 1. The summed E-state index contributed by atoms with van der Waals surface area (Å²) in [4.78, 5) is 16.7. The minimum absolute atomic E-state index is 0.119. The van der Waals surface area contributed by atoms with E-state index in [1.807, 2.05) is 19.1 Å². The number of amides is 2. The van der Waals surface area contributed by atoms with E-state index in [1.165, 1.54) is 4.31 Å². The van der Waals surface area contributed by atoms with Crippen molar-refractivity contribution in [3.63, 3.8) is 0 Å². The van der Waals surface area contributed by atoms with E-state index in [1.54, 1.807) is 36.5 Å². The second-order valence-corrected chi connectivity index (χ2v) is 9.42. The number of aromatic nitrogens is 1. The van der Waals surface area contributed by atoms with Crippen LogP contribution in [-0.2, 0) is 15.4 Å². The maximum absolute atomic E-state index is 12.3. The van der Waals surface area contributed by atoms with E-state index in [9.17, 15) is 13.2 Å². The zero-order valence-corrected chi connectivity index (χ0v) is 17.1. The Morgan fingerprint density at radius 3 is 2.68 bits per heavy atom. The van der Waals surface area contributed by atoms with Crippen LogP contribution in [0.15, 0.2) is 48.7 Å². The summed E-state index contributed by atoms with van der Waals surface area (Å²) in [5.74, 6) is 0.119. The zero-order valence-electron chi connectivity index (χ0n) is 15.6. The van der Waals surface area contributed by atoms with E-state index in [0.29, 0.717) is 30.2 Å². The molecule has 2 aromatic rings. The van der Waals surface area contributed by atoms with Gasteiger partial charge in [-0.25, -0.2) is 13.2 Å². The predicted molar refractivity (Wildman–Crippen MR) is 110 cm³/mol. The van der Waals surface area contributed by atoms with E-state index < -0.39 is 15.4 Å². The third-order valence-corrected chi connectivity index (χ3v) is 6.90. The smallest absolute Gasteiger partial charge is 0.319 e. The SMILES string of the molecule is CCCS(=O)(=O)N1CC(CNC(=O)Nc2cccc(Cl)c2)(c2ccccn2)C1. The number of urea groups is 1. The average molecular weight is 423 g/mol. The van der Waals surface area contributed by atoms with Crippen LogP contribution in [0.25, 0.3) is 0 Å². The first-order chi connectivity index (χ1) is 13.3. The molecule has 1 aliphatic heterocycles. The molecule has 0 unspecified atom stereocenters. The average Bonchev–Trinajstić information content (AvgIpc) is 2.61. The predicted octanol–water partition coefficient (Wildman–Crippen LogP) is 2.85. The normalized spacial score (nSPS) is 16.2. The number of sulfonamides is 1. The van der Waals surface area contributed by atoms with Crippen molar-refractivity contribution in [1.29, 1.82) is 0 Å². The number of carbonyl (C=O) groups excluding carboxylic acids is 1. The molecule has 150 valence electrons. The Kier molecular flexibility index (Phi) is 6.22. The summed E-state index contributed by atoms with van der Waals surface area (Å²) in [6.07, 6.45) is 2.24. The maximum Gasteiger partial charge on any atom is 0.319 e. The van der Waals surface area contributed by atoms with E-state index in [0.717, 1.165) is 5.69 Å². The Balaban J connectivity index is 1.69. The molecule has 9 heteroatoms. The summed E-state index contributed by atoms with van der Waals surface area (Å²) in [7, 11) is -3.28. The number of hydrogen-bond acceptors (Lipinski definition) is 4. The standard InChI is InChI=1S/C19H23ClN4O3S/c1-2-10-28(26,27)24-13-19(14-24,17-8-3-4-9-21-17)12-22-18(25)23-16-7-5-6-15(20)11-16/h3-9,11H,2,10,12-14H2,1H3,(H2,22,23,25). The van der Waals surface area contributed by atoms with Crippen LogP contribution >= 0.6 is 11.6 Å². The van der Waals surface area contributed by atoms with Gasteiger partial charge < -0.3 is 10.6 Å². The van der Waals surface area contributed by atoms with Gasteiger partial charge in [-0.3, -0.25) is 4.98 Å². The van der Waals surface area contributed by atoms with Gasteiger partial charge in [-0.1, -0.05) is 30.7 Å². The van der Waals surface area contributed by atoms with E-state index >= 15 is 0 Å². The quantitative estimate of drug-likeness (QED) is 0.717. The molecule has 1 aromatic heterocycles. The number of halogens is 1. The highest BCUT2D eigenvalue weighted by atomic mass is 35.5. The molecule has 28 heavy (non-hydrogen) atoms. The summed E-state index contributed by atoms with van der Waals surface area (Å²) in [5, 5.41) is 6.10. The molecular weight excluding hydrogens is 400 g/mol. The molecule has 2 amide bonds. The van der Waals surface area contributed by atoms with Crippen LogP contribution in [0.1, 0.15) is 19.0 Å². The van der Waals surface area contributed by atoms with Gasteiger partial charge in [-0.05, 0) is 36.8 Å². The van der Waals surface area contributed by atoms with Crippen molar-refractivity contribution in [2.45, 2.75) is 18.8 Å². The molecule has 1 aliphatic rings. The Morgan fingerprint density at radius 1 is 1.25 bits per heavy atom. The molecule has 0 bridgehead atoms. The summed E-state index contributed by atoms with van der Waals surface area (Å²) < 4.78 is 26.1. The van der Waals surface area contributed by atoms with Crippen molar-refractivity contribution in [2.24, 2.45) is 0 Å². The van der Waals surface area contributed by atoms with Gasteiger partial charge in [-0.15, -0.1) is 0 Å². The first kappa shape index (κ1) is 20.6. The molecule has 1 saturated heterocycles. The molecule has 0 spiro atoms. The maximum atomic E-state index is 12.3. The molecule has 0 radical (unpaired) electrons. The molecular formula is C19H23ClN4O3S. The molecule has 3 rings (SSSR count). The molecule has 0 aliphatic carbocycles. The van der Waals surface area contributed by atoms with Crippen molar-refractivity contribution in [3.8, 4) is 0 Å². The first-order valence-corrected chi connectivity index (χ1v) is 11.0. The third kappa shape index (κ3) is 4.63. The Morgan fingerprint density at radius 2 is 2.04 bits per heavy atom. The lowest BCUT2D eigenvalue weighted by atomic mass is 9.78. The Hall–Kier alpha value is -2.16. The summed E-state index contributed by atoms with van der Waals surface area (Å²) >= 11 is 5.93. The van der Waals surface area contributed by atoms with Crippen molar-refractivity contribution in [1.82, 2.24) is 14.6 Å². The van der Waals surface area contributed by atoms with Crippen LogP contribution in [-0.4, -0.2) is 49.1 Å². The number of hydrogen-bond donors (Lipinski definition) is 2. The van der Waals surface area contributed by atoms with Crippen LogP contribution in [0.5, 0.6) is 0 Å². The molecule has 2 N–H and O–H groups in total. The largest absolute Gasteiger partial charge is 0.337 e. The number of nitrogens with one attached hydrogen (secondary N) is 2. The summed E-state index contributed by atoms with van der Waals surface area (Å²) in [5.41, 5.74) is 0.798. The second kappa shape index (κ2) is 8.46. The fourth-order valence-electron chi connectivity index (χ4n) is 3.24. The Bertz CT molecular complexity index is 931. The first-order valence-electron chi connectivity index (χ1n) is 9.04. The molecule has 1 fully saturated rings. The van der Waals surface area contributed by atoms with Crippen molar-refractivity contribution in [2.75, 3.05) is 30.7 Å². The lowest BCUT2D eigenvalue weighted by Gasteiger charge is -2.48. The van der Waals surface area contributed by atoms with Gasteiger partial charge >= 0.3 is 6.03 Å². The van der Waals surface area contributed by atoms with Crippen LogP contribution in [0.3, 0.4) is 0 Å². The van der Waals surface area contributed by atoms with Gasteiger partial charge in [0, 0.05) is 36.5 Å². The highest BCUT2D eigenvalue weighted by Gasteiger charge is 2.49. The fraction of sp³-hybridized carbons (Fsp3) is 0.368. The topological polar surface area (TPSA) is 91.4 Å². The molecule has 0 saturated carbocycles. The number of rotatable bonds is 7. The molecule has 1 aromatic carbocycles. The van der Waals surface area contributed by atoms with Gasteiger partial charge in [0.2, 0.25) is 10.0 Å². The molecule has 2 heterocycles. The van der Waals surface area contributed by atoms with Gasteiger partial charge in [0.25, 0.3) is 0 Å². The van der Waals surface area contributed by atoms with Crippen LogP contribution in [0.2, 0.25) is 5.02 Å². The van der Waals surface area contributed by atoms with Gasteiger partial charge in [0.1, 0.15) is 0 Å². The summed E-state index contributed by atoms with van der Waals surface area (Å²) in [6.45, 7) is 2.70. The number of benzene rings is 1.